The van der Waals surface area contributed by atoms with Gasteiger partial charge in [-0.3, -0.25) is 12.2 Å². The molecule has 0 fully saturated rings. The summed E-state index contributed by atoms with van der Waals surface area (Å²) < 4.78 is 0. The van der Waals surface area contributed by atoms with Gasteiger partial charge in [-0.2, -0.15) is 12.2 Å². The molecule has 0 heterocycles. The Hall–Kier alpha value is 0.560. The first-order valence-corrected chi connectivity index (χ1v) is 16.4. The van der Waals surface area contributed by atoms with Crippen LogP contribution in [0.5, 0.6) is 0 Å². The summed E-state index contributed by atoms with van der Waals surface area (Å²) >= 11 is -0.826. The molecule has 0 saturated heterocycles. The third-order valence-electron chi connectivity index (χ3n) is 2.75. The van der Waals surface area contributed by atoms with Crippen LogP contribution >= 0.6 is 17.0 Å². The Morgan fingerprint density at radius 3 is 1.87 bits per heavy atom. The van der Waals surface area contributed by atoms with E-state index in [4.69, 9.17) is 17.0 Å². The minimum atomic E-state index is -2.70. The molecule has 0 amide bonds. The van der Waals surface area contributed by atoms with Crippen molar-refractivity contribution < 1.29 is 30.4 Å². The van der Waals surface area contributed by atoms with Gasteiger partial charge in [0.15, 0.2) is 0 Å². The normalized spacial score (nSPS) is 13.8. The molecule has 0 aliphatic heterocycles. The minimum absolute atomic E-state index is 0.626. The van der Waals surface area contributed by atoms with Crippen molar-refractivity contribution in [3.63, 3.8) is 0 Å². The molecule has 0 aromatic carbocycles. The van der Waals surface area contributed by atoms with Crippen LogP contribution in [0.25, 0.3) is 0 Å². The van der Waals surface area contributed by atoms with E-state index < -0.39 is 29.4 Å². The van der Waals surface area contributed by atoms with Crippen molar-refractivity contribution in [3.05, 3.63) is 48.1 Å². The molecule has 0 unspecified atom stereocenters. The van der Waals surface area contributed by atoms with Crippen molar-refractivity contribution in [2.24, 2.45) is 0 Å². The Labute approximate surface area is 161 Å². The van der Waals surface area contributed by atoms with Crippen LogP contribution in [0.1, 0.15) is 46.5 Å². The van der Waals surface area contributed by atoms with E-state index in [0.29, 0.717) is 12.1 Å². The predicted molar refractivity (Wildman–Crippen MR) is 99.9 cm³/mol. The standard InChI is InChI=1S/C6H16O2Si.C6H7.C5H5.2ClH.Zr/c1-3-5-9(7,8)6-4-2;1-6-4-2-3-5-6;1-2-4-5-3-1;;;/h7-8H,3-6H2,1-2H3;2,4H,3H2,1H3;1-3H,4H2;2*1H;/q;2*-1;;;+4/p-2. The van der Waals surface area contributed by atoms with Gasteiger partial charge in [0.05, 0.1) is 0 Å². The zero-order valence-corrected chi connectivity index (χ0v) is 19.2. The Balaban J connectivity index is 0. The summed E-state index contributed by atoms with van der Waals surface area (Å²) in [4.78, 5) is 18.4. The van der Waals surface area contributed by atoms with Gasteiger partial charge in [0, 0.05) is 0 Å². The van der Waals surface area contributed by atoms with E-state index in [-0.39, 0.29) is 0 Å². The molecule has 6 heteroatoms. The topological polar surface area (TPSA) is 40.5 Å². The van der Waals surface area contributed by atoms with E-state index in [9.17, 15) is 9.59 Å². The summed E-state index contributed by atoms with van der Waals surface area (Å²) in [6, 6.07) is 1.25. The van der Waals surface area contributed by atoms with Crippen LogP contribution in [0.2, 0.25) is 12.1 Å². The summed E-state index contributed by atoms with van der Waals surface area (Å²) in [5.74, 6) is 0. The monoisotopic (exact) mass is 452 g/mol. The fraction of sp³-hybridized carbons (Fsp3) is 0.529. The van der Waals surface area contributed by atoms with Crippen LogP contribution < -0.4 is 0 Å². The van der Waals surface area contributed by atoms with Crippen molar-refractivity contribution in [1.82, 2.24) is 0 Å². The van der Waals surface area contributed by atoms with Gasteiger partial charge in [-0.25, -0.2) is 23.8 Å². The van der Waals surface area contributed by atoms with Crippen LogP contribution in [-0.2, 0) is 20.8 Å². The second-order valence-electron chi connectivity index (χ2n) is 5.02. The molecular weight excluding hydrogens is 426 g/mol. The number of rotatable bonds is 4. The number of hydrogen-bond donors (Lipinski definition) is 2. The van der Waals surface area contributed by atoms with Crippen molar-refractivity contribution >= 4 is 25.6 Å². The van der Waals surface area contributed by atoms with Crippen LogP contribution in [0.3, 0.4) is 0 Å². The number of allylic oxidation sites excluding steroid dienone is 8. The average Bonchev–Trinajstić information content (AvgIpc) is 3.15. The van der Waals surface area contributed by atoms with E-state index in [1.807, 2.05) is 26.0 Å². The fourth-order valence-electron chi connectivity index (χ4n) is 1.78. The first-order valence-electron chi connectivity index (χ1n) is 7.80. The quantitative estimate of drug-likeness (QED) is 0.428. The van der Waals surface area contributed by atoms with Crippen molar-refractivity contribution in [1.29, 1.82) is 0 Å². The van der Waals surface area contributed by atoms with Gasteiger partial charge in [0.1, 0.15) is 0 Å². The molecule has 23 heavy (non-hydrogen) atoms. The summed E-state index contributed by atoms with van der Waals surface area (Å²) in [7, 11) is 7.16. The van der Waals surface area contributed by atoms with Gasteiger partial charge in [0.2, 0.25) is 0 Å². The van der Waals surface area contributed by atoms with E-state index >= 15 is 0 Å². The van der Waals surface area contributed by atoms with Crippen molar-refractivity contribution in [2.45, 2.75) is 58.5 Å². The maximum absolute atomic E-state index is 9.21. The Morgan fingerprint density at radius 1 is 1.13 bits per heavy atom. The molecule has 2 N–H and O–H groups in total. The number of halogens is 2. The van der Waals surface area contributed by atoms with E-state index in [1.54, 1.807) is 0 Å². The predicted octanol–water partition coefficient (Wildman–Crippen LogP) is 5.61. The molecule has 2 aliphatic carbocycles. The molecule has 0 saturated carbocycles. The van der Waals surface area contributed by atoms with Crippen molar-refractivity contribution in [3.8, 4) is 0 Å². The zero-order valence-electron chi connectivity index (χ0n) is 14.3. The van der Waals surface area contributed by atoms with E-state index in [2.05, 4.69) is 37.3 Å². The first kappa shape index (κ1) is 25.8. The van der Waals surface area contributed by atoms with Gasteiger partial charge in [-0.1, -0.05) is 33.6 Å². The Kier molecular flexibility index (Phi) is 21.2. The summed E-state index contributed by atoms with van der Waals surface area (Å²) in [6.45, 7) is 6.01. The average molecular weight is 455 g/mol. The van der Waals surface area contributed by atoms with Gasteiger partial charge < -0.3 is 9.59 Å². The van der Waals surface area contributed by atoms with Gasteiger partial charge in [0.25, 0.3) is 0 Å². The SMILES string of the molecule is CC1=[C-]CC=C1.CCC[Si](O)(O)CCC.[C-]1=CC=CC1.[Cl][Zr+2][Cl]. The summed E-state index contributed by atoms with van der Waals surface area (Å²) in [6.07, 6.45) is 20.1. The third kappa shape index (κ3) is 22.6. The molecule has 0 bridgehead atoms. The van der Waals surface area contributed by atoms with Crippen LogP contribution in [0.4, 0.5) is 0 Å². The second kappa shape index (κ2) is 18.9. The fourth-order valence-corrected chi connectivity index (χ4v) is 3.63. The van der Waals surface area contributed by atoms with Crippen LogP contribution in [-0.4, -0.2) is 18.2 Å². The second-order valence-corrected chi connectivity index (χ2v) is 11.7. The zero-order chi connectivity index (χ0) is 18.0. The Morgan fingerprint density at radius 2 is 1.70 bits per heavy atom. The molecule has 0 radical (unpaired) electrons. The van der Waals surface area contributed by atoms with Crippen LogP contribution in [0, 0.1) is 12.2 Å². The summed E-state index contributed by atoms with van der Waals surface area (Å²) in [5, 5.41) is 0. The van der Waals surface area contributed by atoms with Crippen LogP contribution in [0.15, 0.2) is 36.0 Å². The first-order chi connectivity index (χ1) is 10.9. The van der Waals surface area contributed by atoms with Crippen molar-refractivity contribution in [2.75, 3.05) is 0 Å². The molecule has 2 nitrogen and oxygen atoms in total. The molecule has 0 atom stereocenters. The van der Waals surface area contributed by atoms with E-state index in [0.717, 1.165) is 25.7 Å². The molecule has 2 rings (SSSR count). The van der Waals surface area contributed by atoms with Gasteiger partial charge in [-0.15, -0.1) is 12.8 Å². The van der Waals surface area contributed by atoms with Gasteiger partial charge >= 0.3 is 46.4 Å². The molecule has 0 aromatic rings. The third-order valence-corrected chi connectivity index (χ3v) is 5.35. The maximum atomic E-state index is 9.21. The molecule has 0 aromatic heterocycles. The number of hydrogen-bond acceptors (Lipinski definition) is 2. The molecular formula is C17H28Cl2O2SiZr. The molecule has 130 valence electrons. The van der Waals surface area contributed by atoms with Gasteiger partial charge in [-0.05, 0) is 12.1 Å². The molecule has 0 spiro atoms. The summed E-state index contributed by atoms with van der Waals surface area (Å²) in [5.41, 5.74) is 1.27. The Bertz CT molecular complexity index is 360. The molecule has 2 aliphatic rings. The van der Waals surface area contributed by atoms with E-state index in [1.165, 1.54) is 5.57 Å².